The molecule has 0 aliphatic rings. The highest BCUT2D eigenvalue weighted by Crippen LogP contribution is 2.41. The van der Waals surface area contributed by atoms with Gasteiger partial charge in [-0.25, -0.2) is 0 Å². The van der Waals surface area contributed by atoms with Gasteiger partial charge in [-0.05, 0) is 26.0 Å². The van der Waals surface area contributed by atoms with Gasteiger partial charge in [0.2, 0.25) is 0 Å². The third-order valence-electron chi connectivity index (χ3n) is 2.11. The van der Waals surface area contributed by atoms with E-state index >= 15 is 0 Å². The Labute approximate surface area is 94.6 Å². The number of hydrogen-bond donors (Lipinski definition) is 1. The van der Waals surface area contributed by atoms with Crippen LogP contribution in [-0.4, -0.2) is 19.3 Å². The van der Waals surface area contributed by atoms with Crippen molar-refractivity contribution in [3.63, 3.8) is 0 Å². The Balaban J connectivity index is 3.48. The average molecular weight is 231 g/mol. The molecule has 0 spiro atoms. The summed E-state index contributed by atoms with van der Waals surface area (Å²) in [6, 6.07) is 3.38. The van der Waals surface area contributed by atoms with Gasteiger partial charge in [0.25, 0.3) is 0 Å². The van der Waals surface area contributed by atoms with Crippen LogP contribution in [0, 0.1) is 0 Å². The molecule has 0 aromatic heterocycles. The molecule has 4 heteroatoms. The molecular formula is C11H15ClO3. The zero-order valence-electron chi connectivity index (χ0n) is 9.30. The Morgan fingerprint density at radius 2 is 1.80 bits per heavy atom. The molecule has 0 saturated heterocycles. The summed E-state index contributed by atoms with van der Waals surface area (Å²) in [5.74, 6) is 1.01. The second-order valence-electron chi connectivity index (χ2n) is 3.72. The van der Waals surface area contributed by atoms with Crippen LogP contribution in [0.3, 0.4) is 0 Å². The van der Waals surface area contributed by atoms with Crippen molar-refractivity contribution in [2.24, 2.45) is 0 Å². The van der Waals surface area contributed by atoms with Gasteiger partial charge in [0.1, 0.15) is 11.5 Å². The Morgan fingerprint density at radius 3 is 2.20 bits per heavy atom. The van der Waals surface area contributed by atoms with E-state index in [1.165, 1.54) is 14.2 Å². The van der Waals surface area contributed by atoms with E-state index in [2.05, 4.69) is 0 Å². The molecule has 0 heterocycles. The summed E-state index contributed by atoms with van der Waals surface area (Å²) < 4.78 is 10.3. The predicted octanol–water partition coefficient (Wildman–Crippen LogP) is 2.58. The highest BCUT2D eigenvalue weighted by atomic mass is 35.5. The Bertz CT molecular complexity index is 356. The van der Waals surface area contributed by atoms with E-state index in [1.807, 2.05) is 0 Å². The standard InChI is InChI=1S/C11H15ClO3/c1-11(2,13)9-8(14-3)6-5-7(12)10(9)15-4/h5-6,13H,1-4H3. The first-order valence-corrected chi connectivity index (χ1v) is 4.93. The summed E-state index contributed by atoms with van der Waals surface area (Å²) in [5, 5.41) is 10.5. The minimum Gasteiger partial charge on any atom is -0.496 e. The number of ether oxygens (including phenoxy) is 2. The van der Waals surface area contributed by atoms with Crippen molar-refractivity contribution in [3.05, 3.63) is 22.7 Å². The third-order valence-corrected chi connectivity index (χ3v) is 2.40. The normalized spacial score (nSPS) is 11.3. The number of rotatable bonds is 3. The minimum absolute atomic E-state index is 0.448. The molecule has 0 fully saturated rings. The topological polar surface area (TPSA) is 38.7 Å². The van der Waals surface area contributed by atoms with Crippen LogP contribution in [0.25, 0.3) is 0 Å². The van der Waals surface area contributed by atoms with Crippen LogP contribution in [0.5, 0.6) is 11.5 Å². The molecule has 0 aliphatic heterocycles. The fraction of sp³-hybridized carbons (Fsp3) is 0.455. The van der Waals surface area contributed by atoms with Crippen LogP contribution in [0.15, 0.2) is 12.1 Å². The van der Waals surface area contributed by atoms with Crippen molar-refractivity contribution >= 4 is 11.6 Å². The van der Waals surface area contributed by atoms with Gasteiger partial charge in [0.05, 0.1) is 30.4 Å². The second kappa shape index (κ2) is 4.29. The molecule has 1 rings (SSSR count). The number of aliphatic hydroxyl groups is 1. The minimum atomic E-state index is -1.07. The molecule has 0 amide bonds. The number of benzene rings is 1. The molecule has 0 atom stereocenters. The quantitative estimate of drug-likeness (QED) is 0.868. The van der Waals surface area contributed by atoms with Crippen LogP contribution in [0.1, 0.15) is 19.4 Å². The zero-order valence-corrected chi connectivity index (χ0v) is 10.1. The molecule has 0 bridgehead atoms. The maximum atomic E-state index is 10.0. The van der Waals surface area contributed by atoms with Crippen molar-refractivity contribution < 1.29 is 14.6 Å². The summed E-state index contributed by atoms with van der Waals surface area (Å²) in [6.45, 7) is 3.31. The van der Waals surface area contributed by atoms with E-state index < -0.39 is 5.60 Å². The van der Waals surface area contributed by atoms with E-state index in [0.29, 0.717) is 22.1 Å². The van der Waals surface area contributed by atoms with Crippen LogP contribution in [0.2, 0.25) is 5.02 Å². The highest BCUT2D eigenvalue weighted by molar-refractivity contribution is 6.32. The highest BCUT2D eigenvalue weighted by Gasteiger charge is 2.27. The number of hydrogen-bond acceptors (Lipinski definition) is 3. The van der Waals surface area contributed by atoms with Gasteiger partial charge in [-0.3, -0.25) is 0 Å². The fourth-order valence-corrected chi connectivity index (χ4v) is 1.72. The van der Waals surface area contributed by atoms with Crippen LogP contribution >= 0.6 is 11.6 Å². The summed E-state index contributed by atoms with van der Waals surface area (Å²) >= 11 is 5.97. The molecule has 1 aromatic carbocycles. The molecule has 0 unspecified atom stereocenters. The van der Waals surface area contributed by atoms with Crippen molar-refractivity contribution in [2.75, 3.05) is 14.2 Å². The Morgan fingerprint density at radius 1 is 1.20 bits per heavy atom. The Kier molecular flexibility index (Phi) is 3.47. The van der Waals surface area contributed by atoms with E-state index in [-0.39, 0.29) is 0 Å². The first-order chi connectivity index (χ1) is 6.91. The van der Waals surface area contributed by atoms with Crippen LogP contribution in [0.4, 0.5) is 0 Å². The van der Waals surface area contributed by atoms with Crippen molar-refractivity contribution in [3.8, 4) is 11.5 Å². The first kappa shape index (κ1) is 12.1. The molecule has 15 heavy (non-hydrogen) atoms. The van der Waals surface area contributed by atoms with E-state index in [1.54, 1.807) is 26.0 Å². The lowest BCUT2D eigenvalue weighted by molar-refractivity contribution is 0.0726. The van der Waals surface area contributed by atoms with Crippen molar-refractivity contribution in [1.29, 1.82) is 0 Å². The molecule has 1 N–H and O–H groups in total. The monoisotopic (exact) mass is 230 g/mol. The van der Waals surface area contributed by atoms with E-state index in [0.717, 1.165) is 0 Å². The average Bonchev–Trinajstić information content (AvgIpc) is 2.15. The van der Waals surface area contributed by atoms with Gasteiger partial charge in [-0.2, -0.15) is 0 Å². The van der Waals surface area contributed by atoms with Crippen molar-refractivity contribution in [1.82, 2.24) is 0 Å². The molecular weight excluding hydrogens is 216 g/mol. The lowest BCUT2D eigenvalue weighted by atomic mass is 9.96. The third kappa shape index (κ3) is 2.36. The molecule has 1 aromatic rings. The molecule has 0 aliphatic carbocycles. The summed E-state index contributed by atoms with van der Waals surface area (Å²) in [7, 11) is 3.05. The summed E-state index contributed by atoms with van der Waals surface area (Å²) in [6.07, 6.45) is 0. The number of methoxy groups -OCH3 is 2. The molecule has 84 valence electrons. The van der Waals surface area contributed by atoms with Crippen LogP contribution in [-0.2, 0) is 5.60 Å². The van der Waals surface area contributed by atoms with Gasteiger partial charge in [0.15, 0.2) is 0 Å². The van der Waals surface area contributed by atoms with Gasteiger partial charge in [-0.15, -0.1) is 0 Å². The Hall–Kier alpha value is -0.930. The lowest BCUT2D eigenvalue weighted by Gasteiger charge is -2.24. The van der Waals surface area contributed by atoms with Gasteiger partial charge < -0.3 is 14.6 Å². The van der Waals surface area contributed by atoms with Crippen molar-refractivity contribution in [2.45, 2.75) is 19.4 Å². The second-order valence-corrected chi connectivity index (χ2v) is 4.12. The van der Waals surface area contributed by atoms with Crippen LogP contribution < -0.4 is 9.47 Å². The SMILES string of the molecule is COc1ccc(Cl)c(OC)c1C(C)(C)O. The summed E-state index contributed by atoms with van der Waals surface area (Å²) in [5.41, 5.74) is -0.512. The maximum absolute atomic E-state index is 10.0. The maximum Gasteiger partial charge on any atom is 0.147 e. The largest absolute Gasteiger partial charge is 0.496 e. The molecule has 0 radical (unpaired) electrons. The zero-order chi connectivity index (χ0) is 11.6. The molecule has 3 nitrogen and oxygen atoms in total. The smallest absolute Gasteiger partial charge is 0.147 e. The number of halogens is 1. The molecule has 0 saturated carbocycles. The van der Waals surface area contributed by atoms with E-state index in [9.17, 15) is 5.11 Å². The van der Waals surface area contributed by atoms with Gasteiger partial charge in [-0.1, -0.05) is 11.6 Å². The fourth-order valence-electron chi connectivity index (χ4n) is 1.49. The lowest BCUT2D eigenvalue weighted by Crippen LogP contribution is -2.18. The van der Waals surface area contributed by atoms with Gasteiger partial charge >= 0.3 is 0 Å². The van der Waals surface area contributed by atoms with E-state index in [4.69, 9.17) is 21.1 Å². The first-order valence-electron chi connectivity index (χ1n) is 4.55. The van der Waals surface area contributed by atoms with Gasteiger partial charge in [0, 0.05) is 0 Å². The predicted molar refractivity (Wildman–Crippen MR) is 59.8 cm³/mol. The summed E-state index contributed by atoms with van der Waals surface area (Å²) in [4.78, 5) is 0.